The Labute approximate surface area is 167 Å². The van der Waals surface area contributed by atoms with Crippen molar-refractivity contribution in [2.24, 2.45) is 23.7 Å². The SMILES string of the molecule is CN=C(NCCc1c(C)nn(C)c1C)N1CCCC(CC(N)=O)C1.I. The number of aliphatic imine (C=N–C) groups is 1. The average Bonchev–Trinajstić information content (AvgIpc) is 2.77. The summed E-state index contributed by atoms with van der Waals surface area (Å²) in [5.41, 5.74) is 8.94. The Morgan fingerprint density at radius 3 is 2.72 bits per heavy atom. The van der Waals surface area contributed by atoms with E-state index in [-0.39, 0.29) is 29.9 Å². The lowest BCUT2D eigenvalue weighted by Crippen LogP contribution is -2.47. The zero-order valence-electron chi connectivity index (χ0n) is 15.7. The lowest BCUT2D eigenvalue weighted by Gasteiger charge is -2.34. The predicted molar refractivity (Wildman–Crippen MR) is 111 cm³/mol. The molecular formula is C17H31IN6O. The zero-order chi connectivity index (χ0) is 17.7. The van der Waals surface area contributed by atoms with Gasteiger partial charge >= 0.3 is 0 Å². The second kappa shape index (κ2) is 9.98. The van der Waals surface area contributed by atoms with Gasteiger partial charge in [0.2, 0.25) is 5.91 Å². The van der Waals surface area contributed by atoms with Crippen LogP contribution in [0.1, 0.15) is 36.2 Å². The summed E-state index contributed by atoms with van der Waals surface area (Å²) in [6.45, 7) is 6.78. The smallest absolute Gasteiger partial charge is 0.217 e. The van der Waals surface area contributed by atoms with Crippen LogP contribution in [0.3, 0.4) is 0 Å². The number of amides is 1. The number of rotatable bonds is 5. The third kappa shape index (κ3) is 5.86. The molecule has 1 aliphatic rings. The number of aromatic nitrogens is 2. The number of carbonyl (C=O) groups excluding carboxylic acids is 1. The number of halogens is 1. The molecule has 0 aliphatic carbocycles. The van der Waals surface area contributed by atoms with E-state index in [4.69, 9.17) is 5.73 Å². The maximum atomic E-state index is 11.2. The van der Waals surface area contributed by atoms with Gasteiger partial charge in [0.1, 0.15) is 0 Å². The van der Waals surface area contributed by atoms with Gasteiger partial charge in [0.25, 0.3) is 0 Å². The van der Waals surface area contributed by atoms with Gasteiger partial charge in [0.15, 0.2) is 5.96 Å². The van der Waals surface area contributed by atoms with Crippen molar-refractivity contribution < 1.29 is 4.79 Å². The fourth-order valence-electron chi connectivity index (χ4n) is 3.52. The molecule has 0 radical (unpaired) electrons. The van der Waals surface area contributed by atoms with E-state index in [2.05, 4.69) is 34.2 Å². The molecule has 1 atom stereocenters. The number of carbonyl (C=O) groups is 1. The highest BCUT2D eigenvalue weighted by Gasteiger charge is 2.23. The van der Waals surface area contributed by atoms with Crippen molar-refractivity contribution in [1.29, 1.82) is 0 Å². The van der Waals surface area contributed by atoms with Gasteiger partial charge < -0.3 is 16.0 Å². The second-order valence-corrected chi connectivity index (χ2v) is 6.62. The van der Waals surface area contributed by atoms with Crippen molar-refractivity contribution in [1.82, 2.24) is 20.0 Å². The van der Waals surface area contributed by atoms with Crippen LogP contribution in [0.15, 0.2) is 4.99 Å². The molecule has 1 aromatic heterocycles. The van der Waals surface area contributed by atoms with Gasteiger partial charge in [-0.05, 0) is 44.6 Å². The molecule has 3 N–H and O–H groups in total. The van der Waals surface area contributed by atoms with Crippen molar-refractivity contribution in [2.45, 2.75) is 39.5 Å². The number of guanidine groups is 1. The van der Waals surface area contributed by atoms with Gasteiger partial charge in [0.05, 0.1) is 5.69 Å². The summed E-state index contributed by atoms with van der Waals surface area (Å²) in [5.74, 6) is 1.02. The third-order valence-corrected chi connectivity index (χ3v) is 4.84. The Kier molecular flexibility index (Phi) is 8.67. The molecule has 1 aromatic rings. The largest absolute Gasteiger partial charge is 0.370 e. The van der Waals surface area contributed by atoms with E-state index in [0.29, 0.717) is 12.3 Å². The number of nitrogens with one attached hydrogen (secondary N) is 1. The number of piperidine rings is 1. The minimum Gasteiger partial charge on any atom is -0.370 e. The Hall–Kier alpha value is -1.32. The molecule has 1 amide bonds. The highest BCUT2D eigenvalue weighted by atomic mass is 127. The molecule has 2 rings (SSSR count). The molecule has 1 fully saturated rings. The van der Waals surface area contributed by atoms with Crippen LogP contribution in [0.4, 0.5) is 0 Å². The Balaban J connectivity index is 0.00000312. The van der Waals surface area contributed by atoms with E-state index in [0.717, 1.165) is 50.6 Å². The lowest BCUT2D eigenvalue weighted by atomic mass is 9.95. The summed E-state index contributed by atoms with van der Waals surface area (Å²) in [6.07, 6.45) is 3.51. The van der Waals surface area contributed by atoms with Crippen LogP contribution in [-0.2, 0) is 18.3 Å². The minimum atomic E-state index is -0.215. The number of aryl methyl sites for hydroxylation is 2. The minimum absolute atomic E-state index is 0. The van der Waals surface area contributed by atoms with Gasteiger partial charge in [-0.15, -0.1) is 24.0 Å². The highest BCUT2D eigenvalue weighted by Crippen LogP contribution is 2.19. The number of nitrogens with two attached hydrogens (primary N) is 1. The summed E-state index contributed by atoms with van der Waals surface area (Å²) >= 11 is 0. The Morgan fingerprint density at radius 1 is 1.44 bits per heavy atom. The van der Waals surface area contributed by atoms with Gasteiger partial charge in [-0.1, -0.05) is 0 Å². The molecule has 1 saturated heterocycles. The normalized spacial score (nSPS) is 18.0. The number of hydrogen-bond donors (Lipinski definition) is 2. The molecule has 8 heteroatoms. The summed E-state index contributed by atoms with van der Waals surface area (Å²) < 4.78 is 1.93. The van der Waals surface area contributed by atoms with E-state index in [1.54, 1.807) is 7.05 Å². The summed E-state index contributed by atoms with van der Waals surface area (Å²) in [5, 5.41) is 7.91. The summed E-state index contributed by atoms with van der Waals surface area (Å²) in [6, 6.07) is 0. The maximum Gasteiger partial charge on any atom is 0.217 e. The van der Waals surface area contributed by atoms with Crippen molar-refractivity contribution >= 4 is 35.8 Å². The first-order valence-electron chi connectivity index (χ1n) is 8.65. The van der Waals surface area contributed by atoms with Gasteiger partial charge in [0, 0.05) is 45.8 Å². The van der Waals surface area contributed by atoms with Crippen LogP contribution in [-0.4, -0.2) is 53.2 Å². The number of primary amides is 1. The van der Waals surface area contributed by atoms with E-state index >= 15 is 0 Å². The molecule has 1 aliphatic heterocycles. The quantitative estimate of drug-likeness (QED) is 0.393. The van der Waals surface area contributed by atoms with Crippen molar-refractivity contribution in [3.8, 4) is 0 Å². The van der Waals surface area contributed by atoms with Crippen LogP contribution in [0, 0.1) is 19.8 Å². The summed E-state index contributed by atoms with van der Waals surface area (Å²) in [7, 11) is 3.78. The van der Waals surface area contributed by atoms with Gasteiger partial charge in [-0.2, -0.15) is 5.10 Å². The maximum absolute atomic E-state index is 11.2. The summed E-state index contributed by atoms with van der Waals surface area (Å²) in [4.78, 5) is 17.8. The number of nitrogens with zero attached hydrogens (tertiary/aromatic N) is 4. The Morgan fingerprint density at radius 2 is 2.16 bits per heavy atom. The topological polar surface area (TPSA) is 88.5 Å². The van der Waals surface area contributed by atoms with E-state index in [9.17, 15) is 4.79 Å². The molecule has 2 heterocycles. The van der Waals surface area contributed by atoms with Crippen LogP contribution in [0.25, 0.3) is 0 Å². The number of hydrogen-bond acceptors (Lipinski definition) is 3. The molecule has 0 saturated carbocycles. The monoisotopic (exact) mass is 462 g/mol. The van der Waals surface area contributed by atoms with Crippen molar-refractivity contribution in [2.75, 3.05) is 26.7 Å². The van der Waals surface area contributed by atoms with Crippen LogP contribution < -0.4 is 11.1 Å². The average molecular weight is 462 g/mol. The van der Waals surface area contributed by atoms with E-state index in [1.807, 2.05) is 11.7 Å². The predicted octanol–water partition coefficient (Wildman–Crippen LogP) is 1.36. The lowest BCUT2D eigenvalue weighted by molar-refractivity contribution is -0.119. The first kappa shape index (κ1) is 21.7. The molecule has 7 nitrogen and oxygen atoms in total. The molecule has 0 spiro atoms. The molecule has 25 heavy (non-hydrogen) atoms. The fraction of sp³-hybridized carbons (Fsp3) is 0.706. The third-order valence-electron chi connectivity index (χ3n) is 4.84. The number of likely N-dealkylation sites (tertiary alicyclic amines) is 1. The second-order valence-electron chi connectivity index (χ2n) is 6.62. The molecular weight excluding hydrogens is 431 g/mol. The van der Waals surface area contributed by atoms with Gasteiger partial charge in [-0.25, -0.2) is 0 Å². The molecule has 0 bridgehead atoms. The highest BCUT2D eigenvalue weighted by molar-refractivity contribution is 14.0. The first-order chi connectivity index (χ1) is 11.4. The first-order valence-corrected chi connectivity index (χ1v) is 8.65. The molecule has 0 aromatic carbocycles. The van der Waals surface area contributed by atoms with Crippen LogP contribution in [0.5, 0.6) is 0 Å². The van der Waals surface area contributed by atoms with Crippen molar-refractivity contribution in [3.63, 3.8) is 0 Å². The van der Waals surface area contributed by atoms with E-state index < -0.39 is 0 Å². The van der Waals surface area contributed by atoms with Crippen molar-refractivity contribution in [3.05, 3.63) is 17.0 Å². The Bertz CT molecular complexity index is 613. The standard InChI is InChI=1S/C17H30N6O.HI/c1-12-15(13(2)22(4)21-12)7-8-20-17(19-3)23-9-5-6-14(11-23)10-16(18)24;/h14H,5-11H2,1-4H3,(H2,18,24)(H,19,20);1H. The van der Waals surface area contributed by atoms with Gasteiger partial charge in [-0.3, -0.25) is 14.5 Å². The van der Waals surface area contributed by atoms with E-state index in [1.165, 1.54) is 11.3 Å². The van der Waals surface area contributed by atoms with Crippen LogP contribution in [0.2, 0.25) is 0 Å². The van der Waals surface area contributed by atoms with Crippen LogP contribution >= 0.6 is 24.0 Å². The molecule has 142 valence electrons. The zero-order valence-corrected chi connectivity index (χ0v) is 18.0. The fourth-order valence-corrected chi connectivity index (χ4v) is 3.52. The molecule has 1 unspecified atom stereocenters.